The number of hydrogen-bond donors (Lipinski definition) is 2. The van der Waals surface area contributed by atoms with Crippen LogP contribution in [0.3, 0.4) is 0 Å². The molecular formula is C22H25N5O3. The molecule has 8 nitrogen and oxygen atoms in total. The van der Waals surface area contributed by atoms with E-state index in [9.17, 15) is 9.59 Å². The van der Waals surface area contributed by atoms with Crippen LogP contribution < -0.4 is 15.5 Å². The lowest BCUT2D eigenvalue weighted by atomic mass is 9.92. The molecule has 1 aromatic heterocycles. The van der Waals surface area contributed by atoms with Crippen molar-refractivity contribution in [1.82, 2.24) is 20.6 Å². The molecule has 3 aliphatic rings. The quantitative estimate of drug-likeness (QED) is 0.800. The van der Waals surface area contributed by atoms with Gasteiger partial charge in [0.05, 0.1) is 13.1 Å². The fraction of sp³-hybridized carbons (Fsp3) is 0.455. The summed E-state index contributed by atoms with van der Waals surface area (Å²) in [5.41, 5.74) is 2.08. The Kier molecular flexibility index (Phi) is 4.77. The van der Waals surface area contributed by atoms with Gasteiger partial charge in [0, 0.05) is 25.1 Å². The lowest BCUT2D eigenvalue weighted by Gasteiger charge is -2.40. The Morgan fingerprint density at radius 2 is 1.97 bits per heavy atom. The van der Waals surface area contributed by atoms with E-state index in [-0.39, 0.29) is 12.0 Å². The van der Waals surface area contributed by atoms with Gasteiger partial charge in [-0.15, -0.1) is 0 Å². The van der Waals surface area contributed by atoms with Crippen molar-refractivity contribution >= 4 is 17.8 Å². The lowest BCUT2D eigenvalue weighted by Crippen LogP contribution is -2.51. The molecule has 8 heteroatoms. The molecule has 4 heterocycles. The minimum Gasteiger partial charge on any atom is -0.439 e. The molecule has 2 fully saturated rings. The maximum atomic E-state index is 12.5. The first-order valence-electron chi connectivity index (χ1n) is 10.6. The molecule has 2 aromatic rings. The Hall–Kier alpha value is -3.16. The van der Waals surface area contributed by atoms with Crippen LogP contribution >= 0.6 is 0 Å². The zero-order valence-electron chi connectivity index (χ0n) is 16.8. The summed E-state index contributed by atoms with van der Waals surface area (Å²) in [4.78, 5) is 35.9. The molecule has 2 saturated heterocycles. The van der Waals surface area contributed by atoms with Crippen molar-refractivity contribution in [3.05, 3.63) is 53.0 Å². The van der Waals surface area contributed by atoms with Gasteiger partial charge in [0.2, 0.25) is 0 Å². The van der Waals surface area contributed by atoms with E-state index >= 15 is 0 Å². The van der Waals surface area contributed by atoms with Gasteiger partial charge in [-0.1, -0.05) is 30.3 Å². The van der Waals surface area contributed by atoms with Crippen molar-refractivity contribution < 1.29 is 14.3 Å². The number of hydrogen-bond acceptors (Lipinski definition) is 6. The number of fused-ring (bicyclic) bond motifs is 1. The van der Waals surface area contributed by atoms with E-state index in [1.54, 1.807) is 0 Å². The molecule has 0 saturated carbocycles. The molecule has 0 radical (unpaired) electrons. The summed E-state index contributed by atoms with van der Waals surface area (Å²) in [5.74, 6) is 1.35. The van der Waals surface area contributed by atoms with Crippen molar-refractivity contribution in [3.8, 4) is 0 Å². The molecule has 156 valence electrons. The van der Waals surface area contributed by atoms with E-state index in [4.69, 9.17) is 9.72 Å². The van der Waals surface area contributed by atoms with Crippen LogP contribution in [-0.2, 0) is 24.0 Å². The predicted octanol–water partition coefficient (Wildman–Crippen LogP) is 1.63. The summed E-state index contributed by atoms with van der Waals surface area (Å²) in [6.45, 7) is 2.50. The summed E-state index contributed by atoms with van der Waals surface area (Å²) in [5, 5.41) is 5.68. The summed E-state index contributed by atoms with van der Waals surface area (Å²) in [6, 6.07) is 10.2. The molecule has 0 aliphatic carbocycles. The second-order valence-electron chi connectivity index (χ2n) is 8.23. The Labute approximate surface area is 175 Å². The Balaban J connectivity index is 1.46. The third-order valence-corrected chi connectivity index (χ3v) is 6.09. The van der Waals surface area contributed by atoms with E-state index in [0.29, 0.717) is 44.0 Å². The van der Waals surface area contributed by atoms with Crippen LogP contribution in [-0.4, -0.2) is 53.7 Å². The van der Waals surface area contributed by atoms with Crippen molar-refractivity contribution in [3.63, 3.8) is 0 Å². The van der Waals surface area contributed by atoms with Gasteiger partial charge in [-0.3, -0.25) is 4.79 Å². The zero-order chi connectivity index (χ0) is 20.6. The first-order chi connectivity index (χ1) is 14.6. The second kappa shape index (κ2) is 7.59. The number of nitrogens with zero attached hydrogens (tertiary/aromatic N) is 3. The molecule has 2 N–H and O–H groups in total. The molecule has 30 heavy (non-hydrogen) atoms. The minimum atomic E-state index is -0.520. The predicted molar refractivity (Wildman–Crippen MR) is 111 cm³/mol. The molecular weight excluding hydrogens is 382 g/mol. The largest absolute Gasteiger partial charge is 0.439 e. The van der Waals surface area contributed by atoms with Gasteiger partial charge < -0.3 is 20.3 Å². The summed E-state index contributed by atoms with van der Waals surface area (Å²) >= 11 is 0. The third-order valence-electron chi connectivity index (χ3n) is 6.09. The third kappa shape index (κ3) is 3.58. The number of aromatic nitrogens is 2. The SMILES string of the molecule is O=C1NCC2(CCCN(c3nc(CCc4ccccc4)nc4c3CCNC4=O)C2)O1. The number of carbonyl (C=O) groups excluding carboxylic acids is 2. The van der Waals surface area contributed by atoms with E-state index in [1.807, 2.05) is 18.2 Å². The monoisotopic (exact) mass is 407 g/mol. The number of amides is 2. The molecule has 1 unspecified atom stereocenters. The van der Waals surface area contributed by atoms with Gasteiger partial charge in [-0.2, -0.15) is 0 Å². The van der Waals surface area contributed by atoms with Gasteiger partial charge in [-0.05, 0) is 31.2 Å². The van der Waals surface area contributed by atoms with Gasteiger partial charge in [-0.25, -0.2) is 14.8 Å². The van der Waals surface area contributed by atoms with Crippen LogP contribution in [0, 0.1) is 0 Å². The molecule has 1 atom stereocenters. The zero-order valence-corrected chi connectivity index (χ0v) is 16.8. The van der Waals surface area contributed by atoms with Crippen LogP contribution in [0.15, 0.2) is 30.3 Å². The van der Waals surface area contributed by atoms with Crippen LogP contribution in [0.5, 0.6) is 0 Å². The number of nitrogens with one attached hydrogen (secondary N) is 2. The Morgan fingerprint density at radius 3 is 2.77 bits per heavy atom. The fourth-order valence-electron chi connectivity index (χ4n) is 4.60. The number of ether oxygens (including phenoxy) is 1. The number of aryl methyl sites for hydroxylation is 2. The number of rotatable bonds is 4. The van der Waals surface area contributed by atoms with Gasteiger partial charge in [0.15, 0.2) is 0 Å². The molecule has 0 bridgehead atoms. The van der Waals surface area contributed by atoms with Crippen LogP contribution in [0.4, 0.5) is 10.6 Å². The molecule has 1 aromatic carbocycles. The van der Waals surface area contributed by atoms with Crippen molar-refractivity contribution in [1.29, 1.82) is 0 Å². The van der Waals surface area contributed by atoms with Crippen LogP contribution in [0.1, 0.15) is 40.3 Å². The van der Waals surface area contributed by atoms with Crippen LogP contribution in [0.2, 0.25) is 0 Å². The van der Waals surface area contributed by atoms with Crippen molar-refractivity contribution in [2.75, 3.05) is 31.1 Å². The normalized spacial score (nSPS) is 23.0. The number of piperidine rings is 1. The van der Waals surface area contributed by atoms with E-state index in [1.165, 1.54) is 5.56 Å². The average Bonchev–Trinajstić information content (AvgIpc) is 3.12. The lowest BCUT2D eigenvalue weighted by molar-refractivity contribution is 0.0445. The highest BCUT2D eigenvalue weighted by Crippen LogP contribution is 2.33. The Morgan fingerprint density at radius 1 is 1.10 bits per heavy atom. The molecule has 3 aliphatic heterocycles. The number of anilines is 1. The molecule has 2 amide bonds. The number of carbonyl (C=O) groups is 2. The standard InChI is InChI=1S/C22H25N5O3/c28-20-18-16(9-11-23-20)19(26-17(25-18)8-7-15-5-2-1-3-6-15)27-12-4-10-22(14-27)13-24-21(29)30-22/h1-3,5-6H,4,7-14H2,(H,23,28)(H,24,29). The van der Waals surface area contributed by atoms with E-state index in [2.05, 4.69) is 32.7 Å². The smallest absolute Gasteiger partial charge is 0.407 e. The number of alkyl carbamates (subject to hydrolysis) is 1. The summed E-state index contributed by atoms with van der Waals surface area (Å²) in [7, 11) is 0. The Bertz CT molecular complexity index is 980. The second-order valence-corrected chi connectivity index (χ2v) is 8.23. The van der Waals surface area contributed by atoms with E-state index in [0.717, 1.165) is 37.2 Å². The number of benzene rings is 1. The highest BCUT2D eigenvalue weighted by atomic mass is 16.6. The topological polar surface area (TPSA) is 96.5 Å². The van der Waals surface area contributed by atoms with Gasteiger partial charge in [0.1, 0.15) is 22.9 Å². The first-order valence-corrected chi connectivity index (χ1v) is 10.6. The minimum absolute atomic E-state index is 0.137. The van der Waals surface area contributed by atoms with Crippen molar-refractivity contribution in [2.24, 2.45) is 0 Å². The fourth-order valence-corrected chi connectivity index (χ4v) is 4.60. The van der Waals surface area contributed by atoms with E-state index < -0.39 is 5.60 Å². The summed E-state index contributed by atoms with van der Waals surface area (Å²) in [6.07, 6.45) is 3.55. The first kappa shape index (κ1) is 18.8. The molecule has 5 rings (SSSR count). The molecule has 1 spiro atoms. The maximum absolute atomic E-state index is 12.5. The van der Waals surface area contributed by atoms with Crippen molar-refractivity contribution in [2.45, 2.75) is 37.7 Å². The highest BCUT2D eigenvalue weighted by Gasteiger charge is 2.44. The maximum Gasteiger partial charge on any atom is 0.407 e. The van der Waals surface area contributed by atoms with Crippen LogP contribution in [0.25, 0.3) is 0 Å². The average molecular weight is 407 g/mol. The summed E-state index contributed by atoms with van der Waals surface area (Å²) < 4.78 is 5.63. The van der Waals surface area contributed by atoms with Gasteiger partial charge >= 0.3 is 6.09 Å². The van der Waals surface area contributed by atoms with Gasteiger partial charge in [0.25, 0.3) is 5.91 Å². The highest BCUT2D eigenvalue weighted by molar-refractivity contribution is 5.96.